The molecule has 0 saturated heterocycles. The van der Waals surface area contributed by atoms with Crippen LogP contribution in [-0.4, -0.2) is 30.3 Å². The average molecular weight is 235 g/mol. The summed E-state index contributed by atoms with van der Waals surface area (Å²) in [5.41, 5.74) is 0.514. The smallest absolute Gasteiger partial charge is 0.225 e. The highest BCUT2D eigenvalue weighted by Crippen LogP contribution is 2.34. The Morgan fingerprint density at radius 2 is 2.18 bits per heavy atom. The van der Waals surface area contributed by atoms with Crippen molar-refractivity contribution in [2.24, 2.45) is 0 Å². The molecule has 92 valence electrons. The van der Waals surface area contributed by atoms with Crippen molar-refractivity contribution in [3.05, 3.63) is 29.8 Å². The summed E-state index contributed by atoms with van der Waals surface area (Å²) in [4.78, 5) is 11.8. The fourth-order valence-electron chi connectivity index (χ4n) is 1.84. The zero-order valence-electron chi connectivity index (χ0n) is 9.90. The molecule has 1 aliphatic carbocycles. The van der Waals surface area contributed by atoms with E-state index >= 15 is 0 Å². The van der Waals surface area contributed by atoms with Gasteiger partial charge in [0.15, 0.2) is 0 Å². The molecule has 2 N–H and O–H groups in total. The number of ether oxygens (including phenoxy) is 1. The Bertz CT molecular complexity index is 413. The molecule has 1 amide bonds. The first-order valence-corrected chi connectivity index (χ1v) is 5.73. The van der Waals surface area contributed by atoms with E-state index in [1.54, 1.807) is 7.11 Å². The Labute approximate surface area is 101 Å². The fraction of sp³-hybridized carbons (Fsp3) is 0.462. The van der Waals surface area contributed by atoms with E-state index in [-0.39, 0.29) is 24.5 Å². The molecule has 4 heteroatoms. The summed E-state index contributed by atoms with van der Waals surface area (Å²) in [7, 11) is 1.59. The lowest BCUT2D eigenvalue weighted by molar-refractivity contribution is -0.121. The molecule has 0 spiro atoms. The van der Waals surface area contributed by atoms with Gasteiger partial charge in [-0.15, -0.1) is 0 Å². The van der Waals surface area contributed by atoms with Gasteiger partial charge >= 0.3 is 0 Å². The number of carbonyl (C=O) groups is 1. The molecule has 1 fully saturated rings. The summed E-state index contributed by atoms with van der Waals surface area (Å²) in [5, 5.41) is 12.0. The van der Waals surface area contributed by atoms with Gasteiger partial charge in [-0.1, -0.05) is 18.2 Å². The van der Waals surface area contributed by atoms with E-state index in [1.807, 2.05) is 24.3 Å². The molecule has 0 aromatic heterocycles. The number of hydrogen-bond donors (Lipinski definition) is 2. The standard InChI is InChI=1S/C13H17NO3/c1-17-11-5-3-2-4-10(11)8-12(16)14-13(9-15)6-7-13/h2-5,15H,6-9H2,1H3,(H,14,16). The van der Waals surface area contributed by atoms with Crippen molar-refractivity contribution in [3.63, 3.8) is 0 Å². The van der Waals surface area contributed by atoms with E-state index < -0.39 is 0 Å². The first-order chi connectivity index (χ1) is 8.19. The molecule has 2 rings (SSSR count). The zero-order valence-corrected chi connectivity index (χ0v) is 9.90. The van der Waals surface area contributed by atoms with Gasteiger partial charge in [0.1, 0.15) is 5.75 Å². The third-order valence-corrected chi connectivity index (χ3v) is 3.10. The first kappa shape index (κ1) is 11.9. The van der Waals surface area contributed by atoms with Gasteiger partial charge in [-0.05, 0) is 18.9 Å². The van der Waals surface area contributed by atoms with Crippen LogP contribution in [-0.2, 0) is 11.2 Å². The van der Waals surface area contributed by atoms with Gasteiger partial charge in [-0.25, -0.2) is 0 Å². The van der Waals surface area contributed by atoms with Gasteiger partial charge < -0.3 is 15.2 Å². The van der Waals surface area contributed by atoms with E-state index in [0.29, 0.717) is 0 Å². The summed E-state index contributed by atoms with van der Waals surface area (Å²) in [6, 6.07) is 7.46. The minimum Gasteiger partial charge on any atom is -0.496 e. The number of aliphatic hydroxyl groups excluding tert-OH is 1. The predicted molar refractivity (Wildman–Crippen MR) is 63.9 cm³/mol. The number of hydrogen-bond acceptors (Lipinski definition) is 3. The van der Waals surface area contributed by atoms with Crippen molar-refractivity contribution in [3.8, 4) is 5.75 Å². The molecule has 1 aliphatic rings. The number of rotatable bonds is 5. The van der Waals surface area contributed by atoms with Crippen molar-refractivity contribution in [1.29, 1.82) is 0 Å². The Hall–Kier alpha value is -1.55. The molecular formula is C13H17NO3. The van der Waals surface area contributed by atoms with Crippen LogP contribution in [0.4, 0.5) is 0 Å². The summed E-state index contributed by atoms with van der Waals surface area (Å²) in [5.74, 6) is 0.651. The molecule has 0 atom stereocenters. The van der Waals surface area contributed by atoms with Gasteiger partial charge in [0.05, 0.1) is 25.7 Å². The predicted octanol–water partition coefficient (Wildman–Crippen LogP) is 0.879. The molecular weight excluding hydrogens is 218 g/mol. The number of para-hydroxylation sites is 1. The van der Waals surface area contributed by atoms with Crippen molar-refractivity contribution in [2.45, 2.75) is 24.8 Å². The summed E-state index contributed by atoms with van der Waals surface area (Å²) in [6.45, 7) is 0.0185. The number of benzene rings is 1. The van der Waals surface area contributed by atoms with Crippen LogP contribution >= 0.6 is 0 Å². The second-order valence-corrected chi connectivity index (χ2v) is 4.48. The minimum atomic E-state index is -0.348. The normalized spacial score (nSPS) is 16.4. The monoisotopic (exact) mass is 235 g/mol. The van der Waals surface area contributed by atoms with Crippen molar-refractivity contribution < 1.29 is 14.6 Å². The van der Waals surface area contributed by atoms with E-state index in [9.17, 15) is 4.79 Å². The second kappa shape index (κ2) is 4.75. The molecule has 0 radical (unpaired) electrons. The van der Waals surface area contributed by atoms with E-state index in [4.69, 9.17) is 9.84 Å². The molecule has 0 bridgehead atoms. The SMILES string of the molecule is COc1ccccc1CC(=O)NC1(CO)CC1. The van der Waals surface area contributed by atoms with Gasteiger partial charge in [0.25, 0.3) is 0 Å². The summed E-state index contributed by atoms with van der Waals surface area (Å²) in [6.07, 6.45) is 2.01. The van der Waals surface area contributed by atoms with Crippen molar-refractivity contribution >= 4 is 5.91 Å². The van der Waals surface area contributed by atoms with Crippen LogP contribution in [0.3, 0.4) is 0 Å². The van der Waals surface area contributed by atoms with Crippen LogP contribution < -0.4 is 10.1 Å². The highest BCUT2D eigenvalue weighted by atomic mass is 16.5. The number of nitrogens with one attached hydrogen (secondary N) is 1. The maximum atomic E-state index is 11.8. The maximum Gasteiger partial charge on any atom is 0.225 e. The van der Waals surface area contributed by atoms with Crippen LogP contribution in [0.25, 0.3) is 0 Å². The van der Waals surface area contributed by atoms with Gasteiger partial charge in [-0.2, -0.15) is 0 Å². The Balaban J connectivity index is 1.98. The van der Waals surface area contributed by atoms with E-state index in [1.165, 1.54) is 0 Å². The fourth-order valence-corrected chi connectivity index (χ4v) is 1.84. The molecule has 17 heavy (non-hydrogen) atoms. The summed E-state index contributed by atoms with van der Waals surface area (Å²) < 4.78 is 5.19. The molecule has 1 aromatic rings. The van der Waals surface area contributed by atoms with Gasteiger partial charge in [0.2, 0.25) is 5.91 Å². The third kappa shape index (κ3) is 2.77. The summed E-state index contributed by atoms with van der Waals surface area (Å²) >= 11 is 0. The topological polar surface area (TPSA) is 58.6 Å². The quantitative estimate of drug-likeness (QED) is 0.796. The average Bonchev–Trinajstić information content (AvgIpc) is 3.10. The number of methoxy groups -OCH3 is 1. The number of carbonyl (C=O) groups excluding carboxylic acids is 1. The van der Waals surface area contributed by atoms with Crippen molar-refractivity contribution in [2.75, 3.05) is 13.7 Å². The Kier molecular flexibility index (Phi) is 3.33. The largest absolute Gasteiger partial charge is 0.496 e. The number of amides is 1. The number of aliphatic hydroxyl groups is 1. The lowest BCUT2D eigenvalue weighted by Crippen LogP contribution is -2.40. The molecule has 1 aromatic carbocycles. The lowest BCUT2D eigenvalue weighted by atomic mass is 10.1. The highest BCUT2D eigenvalue weighted by molar-refractivity contribution is 5.80. The highest BCUT2D eigenvalue weighted by Gasteiger charge is 2.43. The van der Waals surface area contributed by atoms with E-state index in [0.717, 1.165) is 24.2 Å². The second-order valence-electron chi connectivity index (χ2n) is 4.48. The van der Waals surface area contributed by atoms with Crippen LogP contribution in [0.5, 0.6) is 5.75 Å². The van der Waals surface area contributed by atoms with Crippen LogP contribution in [0.2, 0.25) is 0 Å². The van der Waals surface area contributed by atoms with E-state index in [2.05, 4.69) is 5.32 Å². The molecule has 0 aliphatic heterocycles. The molecule has 0 unspecified atom stereocenters. The Morgan fingerprint density at radius 3 is 2.76 bits per heavy atom. The Morgan fingerprint density at radius 1 is 1.47 bits per heavy atom. The maximum absolute atomic E-state index is 11.8. The third-order valence-electron chi connectivity index (χ3n) is 3.10. The zero-order chi connectivity index (χ0) is 12.3. The van der Waals surface area contributed by atoms with Crippen molar-refractivity contribution in [1.82, 2.24) is 5.32 Å². The van der Waals surface area contributed by atoms with Gasteiger partial charge in [0, 0.05) is 5.56 Å². The lowest BCUT2D eigenvalue weighted by Gasteiger charge is -2.15. The van der Waals surface area contributed by atoms with Gasteiger partial charge in [-0.3, -0.25) is 4.79 Å². The first-order valence-electron chi connectivity index (χ1n) is 5.73. The van der Waals surface area contributed by atoms with Crippen LogP contribution in [0.1, 0.15) is 18.4 Å². The molecule has 0 heterocycles. The molecule has 1 saturated carbocycles. The minimum absolute atomic E-state index is 0.0185. The van der Waals surface area contributed by atoms with Crippen LogP contribution in [0, 0.1) is 0 Å². The molecule has 4 nitrogen and oxygen atoms in total. The van der Waals surface area contributed by atoms with Crippen LogP contribution in [0.15, 0.2) is 24.3 Å².